The summed E-state index contributed by atoms with van der Waals surface area (Å²) in [5.41, 5.74) is 0. The maximum Gasteiger partial charge on any atom is 0.252 e. The summed E-state index contributed by atoms with van der Waals surface area (Å²) in [6.45, 7) is 12.1. The third kappa shape index (κ3) is 4.55. The van der Waals surface area contributed by atoms with Crippen molar-refractivity contribution in [3.05, 3.63) is 17.0 Å². The van der Waals surface area contributed by atoms with Crippen LogP contribution >= 0.6 is 11.3 Å². The molecule has 0 bridgehead atoms. The van der Waals surface area contributed by atoms with E-state index in [4.69, 9.17) is 0 Å². The van der Waals surface area contributed by atoms with E-state index in [1.165, 1.54) is 11.3 Å². The standard InChI is InChI=1S/C14H26N2O2S2/c1-6-15-9-13-7-8-14(19-13)20(17,18)16(12(4)5)10-11(2)3/h7-8,11-12,15H,6,9-10H2,1-5H3. The van der Waals surface area contributed by atoms with Crippen LogP contribution in [0, 0.1) is 5.92 Å². The molecule has 0 amide bonds. The zero-order valence-electron chi connectivity index (χ0n) is 13.0. The van der Waals surface area contributed by atoms with E-state index in [9.17, 15) is 8.42 Å². The molecular formula is C14H26N2O2S2. The second kappa shape index (κ2) is 7.54. The van der Waals surface area contributed by atoms with Crippen molar-refractivity contribution in [1.29, 1.82) is 0 Å². The van der Waals surface area contributed by atoms with Crippen molar-refractivity contribution in [3.63, 3.8) is 0 Å². The second-order valence-electron chi connectivity index (χ2n) is 5.56. The van der Waals surface area contributed by atoms with Gasteiger partial charge in [-0.15, -0.1) is 11.3 Å². The van der Waals surface area contributed by atoms with Crippen LogP contribution in [-0.4, -0.2) is 31.9 Å². The van der Waals surface area contributed by atoms with Crippen LogP contribution in [0.5, 0.6) is 0 Å². The zero-order valence-corrected chi connectivity index (χ0v) is 14.6. The lowest BCUT2D eigenvalue weighted by molar-refractivity contribution is 0.319. The van der Waals surface area contributed by atoms with Gasteiger partial charge in [-0.1, -0.05) is 20.8 Å². The topological polar surface area (TPSA) is 49.4 Å². The Bertz CT molecular complexity index is 507. The predicted octanol–water partition coefficient (Wildman–Crippen LogP) is 2.91. The Hall–Kier alpha value is -0.430. The molecule has 116 valence electrons. The fraction of sp³-hybridized carbons (Fsp3) is 0.714. The molecule has 4 nitrogen and oxygen atoms in total. The summed E-state index contributed by atoms with van der Waals surface area (Å²) in [5, 5.41) is 3.22. The molecule has 20 heavy (non-hydrogen) atoms. The van der Waals surface area contributed by atoms with E-state index in [0.717, 1.165) is 18.0 Å². The zero-order chi connectivity index (χ0) is 15.3. The Balaban J connectivity index is 2.98. The minimum Gasteiger partial charge on any atom is -0.312 e. The van der Waals surface area contributed by atoms with Crippen LogP contribution in [0.4, 0.5) is 0 Å². The first-order chi connectivity index (χ1) is 9.28. The van der Waals surface area contributed by atoms with Gasteiger partial charge >= 0.3 is 0 Å². The van der Waals surface area contributed by atoms with Crippen LogP contribution in [-0.2, 0) is 16.6 Å². The van der Waals surface area contributed by atoms with Gasteiger partial charge in [-0.25, -0.2) is 8.42 Å². The lowest BCUT2D eigenvalue weighted by Crippen LogP contribution is -2.39. The summed E-state index contributed by atoms with van der Waals surface area (Å²) in [6.07, 6.45) is 0. The smallest absolute Gasteiger partial charge is 0.252 e. The van der Waals surface area contributed by atoms with Gasteiger partial charge in [0.15, 0.2) is 0 Å². The molecule has 0 radical (unpaired) electrons. The summed E-state index contributed by atoms with van der Waals surface area (Å²) < 4.78 is 27.5. The average Bonchev–Trinajstić information content (AvgIpc) is 2.82. The van der Waals surface area contributed by atoms with Crippen molar-refractivity contribution in [2.45, 2.75) is 51.4 Å². The first-order valence-electron chi connectivity index (χ1n) is 7.10. The molecule has 1 aromatic rings. The average molecular weight is 319 g/mol. The Kier molecular flexibility index (Phi) is 6.64. The van der Waals surface area contributed by atoms with E-state index in [1.54, 1.807) is 10.4 Å². The Morgan fingerprint density at radius 1 is 1.25 bits per heavy atom. The van der Waals surface area contributed by atoms with Gasteiger partial charge < -0.3 is 5.32 Å². The Morgan fingerprint density at radius 3 is 2.40 bits per heavy atom. The predicted molar refractivity (Wildman–Crippen MR) is 85.6 cm³/mol. The Morgan fingerprint density at radius 2 is 1.90 bits per heavy atom. The lowest BCUT2D eigenvalue weighted by atomic mass is 10.2. The summed E-state index contributed by atoms with van der Waals surface area (Å²) in [4.78, 5) is 1.05. The van der Waals surface area contributed by atoms with Gasteiger partial charge in [-0.05, 0) is 38.4 Å². The molecule has 1 rings (SSSR count). The molecule has 6 heteroatoms. The monoisotopic (exact) mass is 318 g/mol. The molecule has 1 aromatic heterocycles. The number of nitrogens with one attached hydrogen (secondary N) is 1. The molecule has 0 aliphatic carbocycles. The van der Waals surface area contributed by atoms with Crippen LogP contribution < -0.4 is 5.32 Å². The van der Waals surface area contributed by atoms with Crippen molar-refractivity contribution in [3.8, 4) is 0 Å². The van der Waals surface area contributed by atoms with E-state index in [-0.39, 0.29) is 6.04 Å². The summed E-state index contributed by atoms with van der Waals surface area (Å²) in [5.74, 6) is 0.313. The molecule has 0 aromatic carbocycles. The molecule has 0 atom stereocenters. The number of thiophene rings is 1. The molecule has 0 fully saturated rings. The van der Waals surface area contributed by atoms with Crippen molar-refractivity contribution < 1.29 is 8.42 Å². The van der Waals surface area contributed by atoms with Crippen LogP contribution in [0.3, 0.4) is 0 Å². The highest BCUT2D eigenvalue weighted by Crippen LogP contribution is 2.26. The van der Waals surface area contributed by atoms with E-state index < -0.39 is 10.0 Å². The molecule has 0 aliphatic heterocycles. The molecule has 0 aliphatic rings. The SMILES string of the molecule is CCNCc1ccc(S(=O)(=O)N(CC(C)C)C(C)C)s1. The fourth-order valence-electron chi connectivity index (χ4n) is 1.90. The number of hydrogen-bond acceptors (Lipinski definition) is 4. The summed E-state index contributed by atoms with van der Waals surface area (Å²) in [6, 6.07) is 3.60. The van der Waals surface area contributed by atoms with Gasteiger partial charge in [-0.3, -0.25) is 0 Å². The molecule has 0 unspecified atom stereocenters. The van der Waals surface area contributed by atoms with Crippen LogP contribution in [0.15, 0.2) is 16.3 Å². The van der Waals surface area contributed by atoms with Gasteiger partial charge in [0, 0.05) is 24.0 Å². The van der Waals surface area contributed by atoms with Gasteiger partial charge in [0.2, 0.25) is 0 Å². The Labute approximate surface area is 127 Å². The molecule has 0 saturated heterocycles. The van der Waals surface area contributed by atoms with Gasteiger partial charge in [0.25, 0.3) is 10.0 Å². The van der Waals surface area contributed by atoms with Crippen LogP contribution in [0.2, 0.25) is 0 Å². The number of sulfonamides is 1. The van der Waals surface area contributed by atoms with Crippen molar-refractivity contribution in [2.24, 2.45) is 5.92 Å². The maximum atomic E-state index is 12.7. The van der Waals surface area contributed by atoms with E-state index in [1.807, 2.05) is 40.7 Å². The number of rotatable bonds is 8. The fourth-order valence-corrected chi connectivity index (χ4v) is 5.16. The van der Waals surface area contributed by atoms with Crippen LogP contribution in [0.25, 0.3) is 0 Å². The number of hydrogen-bond donors (Lipinski definition) is 1. The van der Waals surface area contributed by atoms with Crippen molar-refractivity contribution in [2.75, 3.05) is 13.1 Å². The van der Waals surface area contributed by atoms with Gasteiger partial charge in [0.1, 0.15) is 4.21 Å². The summed E-state index contributed by atoms with van der Waals surface area (Å²) in [7, 11) is -3.38. The maximum absolute atomic E-state index is 12.7. The second-order valence-corrected chi connectivity index (χ2v) is 8.85. The van der Waals surface area contributed by atoms with Crippen molar-refractivity contribution >= 4 is 21.4 Å². The first kappa shape index (κ1) is 17.6. The quantitative estimate of drug-likeness (QED) is 0.802. The molecule has 1 N–H and O–H groups in total. The minimum atomic E-state index is -3.38. The molecular weight excluding hydrogens is 292 g/mol. The van der Waals surface area contributed by atoms with Crippen molar-refractivity contribution in [1.82, 2.24) is 9.62 Å². The molecule has 1 heterocycles. The minimum absolute atomic E-state index is 0.0262. The largest absolute Gasteiger partial charge is 0.312 e. The molecule has 0 saturated carbocycles. The summed E-state index contributed by atoms with van der Waals surface area (Å²) >= 11 is 1.36. The highest BCUT2D eigenvalue weighted by Gasteiger charge is 2.28. The van der Waals surface area contributed by atoms with Crippen LogP contribution in [0.1, 0.15) is 39.5 Å². The molecule has 0 spiro atoms. The van der Waals surface area contributed by atoms with Gasteiger partial charge in [0.05, 0.1) is 0 Å². The van der Waals surface area contributed by atoms with E-state index >= 15 is 0 Å². The third-order valence-electron chi connectivity index (χ3n) is 2.87. The normalized spacial score (nSPS) is 12.8. The first-order valence-corrected chi connectivity index (χ1v) is 9.36. The lowest BCUT2D eigenvalue weighted by Gasteiger charge is -2.26. The number of nitrogens with zero attached hydrogens (tertiary/aromatic N) is 1. The van der Waals surface area contributed by atoms with E-state index in [2.05, 4.69) is 5.32 Å². The van der Waals surface area contributed by atoms with E-state index in [0.29, 0.717) is 16.7 Å². The highest BCUT2D eigenvalue weighted by atomic mass is 32.2. The van der Waals surface area contributed by atoms with Gasteiger partial charge in [-0.2, -0.15) is 4.31 Å². The highest BCUT2D eigenvalue weighted by molar-refractivity contribution is 7.91. The third-order valence-corrected chi connectivity index (χ3v) is 6.46.